The van der Waals surface area contributed by atoms with Gasteiger partial charge in [0.25, 0.3) is 0 Å². The molecule has 2 aromatic rings. The maximum absolute atomic E-state index is 15.0. The minimum atomic E-state index is -0.896. The fourth-order valence-corrected chi connectivity index (χ4v) is 4.83. The predicted molar refractivity (Wildman–Crippen MR) is 98.0 cm³/mol. The summed E-state index contributed by atoms with van der Waals surface area (Å²) >= 11 is 0. The molecule has 2 unspecified atom stereocenters. The number of nitrogens with two attached hydrogens (primary N) is 1. The van der Waals surface area contributed by atoms with Crippen LogP contribution in [-0.4, -0.2) is 29.9 Å². The van der Waals surface area contributed by atoms with Gasteiger partial charge in [-0.1, -0.05) is 0 Å². The van der Waals surface area contributed by atoms with Crippen molar-refractivity contribution < 1.29 is 8.78 Å². The molecule has 0 bridgehead atoms. The Morgan fingerprint density at radius 3 is 2.62 bits per heavy atom. The van der Waals surface area contributed by atoms with Crippen LogP contribution in [0.3, 0.4) is 0 Å². The Kier molecular flexibility index (Phi) is 3.16. The lowest BCUT2D eigenvalue weighted by Crippen LogP contribution is -2.25. The van der Waals surface area contributed by atoms with E-state index in [4.69, 9.17) is 5.73 Å². The first-order chi connectivity index (χ1) is 12.3. The number of rotatable bonds is 2. The molecule has 2 heterocycles. The van der Waals surface area contributed by atoms with Crippen molar-refractivity contribution in [3.63, 3.8) is 0 Å². The molecule has 1 spiro atoms. The Bertz CT molecular complexity index is 1000. The van der Waals surface area contributed by atoms with Crippen molar-refractivity contribution in [2.45, 2.75) is 51.4 Å². The Morgan fingerprint density at radius 1 is 1.35 bits per heavy atom. The second kappa shape index (κ2) is 5.06. The number of pyridine rings is 1. The highest BCUT2D eigenvalue weighted by atomic mass is 19.1. The molecule has 3 fully saturated rings. The van der Waals surface area contributed by atoms with Crippen molar-refractivity contribution in [2.75, 3.05) is 18.0 Å². The van der Waals surface area contributed by atoms with Gasteiger partial charge >= 0.3 is 0 Å². The van der Waals surface area contributed by atoms with Gasteiger partial charge in [-0.3, -0.25) is 4.79 Å². The van der Waals surface area contributed by atoms with Crippen LogP contribution in [0.4, 0.5) is 14.5 Å². The van der Waals surface area contributed by atoms with Gasteiger partial charge in [0.1, 0.15) is 12.0 Å². The third-order valence-electron chi connectivity index (χ3n) is 6.65. The molecule has 2 aliphatic carbocycles. The minimum Gasteiger partial charge on any atom is -0.368 e. The summed E-state index contributed by atoms with van der Waals surface area (Å²) < 4.78 is 30.7. The van der Waals surface area contributed by atoms with E-state index < -0.39 is 6.17 Å². The smallest absolute Gasteiger partial charge is 0.192 e. The van der Waals surface area contributed by atoms with Gasteiger partial charge < -0.3 is 15.2 Å². The minimum absolute atomic E-state index is 0.126. The molecule has 26 heavy (non-hydrogen) atoms. The monoisotopic (exact) mass is 359 g/mol. The van der Waals surface area contributed by atoms with Gasteiger partial charge in [0.15, 0.2) is 5.43 Å². The number of fused-ring (bicyclic) bond motifs is 1. The highest BCUT2D eigenvalue weighted by Crippen LogP contribution is 2.53. The van der Waals surface area contributed by atoms with E-state index in [2.05, 4.69) is 4.90 Å². The molecule has 4 atom stereocenters. The molecule has 0 amide bonds. The van der Waals surface area contributed by atoms with Gasteiger partial charge in [-0.25, -0.2) is 8.78 Å². The molecular weight excluding hydrogens is 336 g/mol. The topological polar surface area (TPSA) is 51.3 Å². The first-order valence-corrected chi connectivity index (χ1v) is 9.31. The molecule has 138 valence electrons. The maximum Gasteiger partial charge on any atom is 0.192 e. The predicted octanol–water partition coefficient (Wildman–Crippen LogP) is 2.97. The second-order valence-electron chi connectivity index (χ2n) is 8.44. The van der Waals surface area contributed by atoms with Crippen LogP contribution in [-0.2, 0) is 0 Å². The Labute approximate surface area is 150 Å². The third-order valence-corrected chi connectivity index (χ3v) is 6.65. The summed E-state index contributed by atoms with van der Waals surface area (Å²) in [7, 11) is 0. The molecular formula is C20H23F2N3O. The zero-order chi connectivity index (χ0) is 18.4. The van der Waals surface area contributed by atoms with E-state index >= 15 is 4.39 Å². The number of hydrogen-bond acceptors (Lipinski definition) is 3. The second-order valence-corrected chi connectivity index (χ2v) is 8.44. The molecule has 6 heteroatoms. The van der Waals surface area contributed by atoms with Gasteiger partial charge in [0.05, 0.1) is 17.2 Å². The average molecular weight is 359 g/mol. The molecule has 1 aliphatic heterocycles. The fourth-order valence-electron chi connectivity index (χ4n) is 4.83. The number of alkyl halides is 1. The van der Waals surface area contributed by atoms with Crippen molar-refractivity contribution in [1.82, 2.24) is 4.57 Å². The lowest BCUT2D eigenvalue weighted by Gasteiger charge is -2.24. The number of nitrogens with zero attached hydrogens (tertiary/aromatic N) is 2. The van der Waals surface area contributed by atoms with Crippen LogP contribution in [0.2, 0.25) is 0 Å². The van der Waals surface area contributed by atoms with Crippen LogP contribution in [0, 0.1) is 25.1 Å². The van der Waals surface area contributed by atoms with Gasteiger partial charge in [-0.05, 0) is 38.3 Å². The molecule has 1 aromatic heterocycles. The molecule has 1 aromatic carbocycles. The van der Waals surface area contributed by atoms with E-state index in [1.54, 1.807) is 13.1 Å². The Morgan fingerprint density at radius 2 is 2.04 bits per heavy atom. The summed E-state index contributed by atoms with van der Waals surface area (Å²) in [5.74, 6) is -0.372. The van der Waals surface area contributed by atoms with E-state index in [9.17, 15) is 9.18 Å². The lowest BCUT2D eigenvalue weighted by molar-refractivity contribution is 0.444. The summed E-state index contributed by atoms with van der Waals surface area (Å²) in [4.78, 5) is 14.7. The Hall–Kier alpha value is -1.95. The van der Waals surface area contributed by atoms with Gasteiger partial charge in [-0.15, -0.1) is 0 Å². The van der Waals surface area contributed by atoms with Crippen LogP contribution in [0.25, 0.3) is 10.9 Å². The van der Waals surface area contributed by atoms with Crippen molar-refractivity contribution in [1.29, 1.82) is 0 Å². The van der Waals surface area contributed by atoms with Crippen molar-refractivity contribution in [3.8, 4) is 0 Å². The normalized spacial score (nSPS) is 32.7. The van der Waals surface area contributed by atoms with E-state index in [1.165, 1.54) is 6.07 Å². The first-order valence-electron chi connectivity index (χ1n) is 9.31. The summed E-state index contributed by atoms with van der Waals surface area (Å²) in [6.07, 6.45) is 3.25. The van der Waals surface area contributed by atoms with Crippen LogP contribution >= 0.6 is 0 Å². The summed E-state index contributed by atoms with van der Waals surface area (Å²) in [5, 5.41) is 0.347. The van der Waals surface area contributed by atoms with Crippen molar-refractivity contribution in [3.05, 3.63) is 39.4 Å². The molecule has 1 saturated heterocycles. The van der Waals surface area contributed by atoms with Gasteiger partial charge in [0, 0.05) is 48.1 Å². The largest absolute Gasteiger partial charge is 0.368 e. The molecule has 5 rings (SSSR count). The number of aryl methyl sites for hydroxylation is 2. The number of benzene rings is 1. The van der Waals surface area contributed by atoms with Gasteiger partial charge in [0.2, 0.25) is 0 Å². The number of anilines is 1. The highest BCUT2D eigenvalue weighted by molar-refractivity contribution is 5.88. The standard InChI is InChI=1S/C20H23F2N3O/c1-10-8-25(15-6-13(15)21)17-11(2)18(14(22)5-12(17)19(10)26)24-4-3-20(9-24)7-16(20)23/h5,8,13,15-16H,3-4,6-7,9,23H2,1-2H3/t13-,15+,16?,20?/m0/s1. The quantitative estimate of drug-likeness (QED) is 0.897. The molecule has 2 N–H and O–H groups in total. The third kappa shape index (κ3) is 2.11. The van der Waals surface area contributed by atoms with Crippen LogP contribution in [0.5, 0.6) is 0 Å². The van der Waals surface area contributed by atoms with Crippen LogP contribution < -0.4 is 16.1 Å². The maximum atomic E-state index is 15.0. The van der Waals surface area contributed by atoms with Crippen LogP contribution in [0.1, 0.15) is 36.4 Å². The van der Waals surface area contributed by atoms with Crippen molar-refractivity contribution >= 4 is 16.6 Å². The Balaban J connectivity index is 1.71. The highest BCUT2D eigenvalue weighted by Gasteiger charge is 2.56. The fraction of sp³-hybridized carbons (Fsp3) is 0.550. The average Bonchev–Trinajstić information content (AvgIpc) is 3.40. The van der Waals surface area contributed by atoms with E-state index in [-0.39, 0.29) is 28.7 Å². The SMILES string of the molecule is Cc1cn([C@@H]2C[C@@H]2F)c2c(C)c(N3CCC4(CC4N)C3)c(F)cc2c1=O. The lowest BCUT2D eigenvalue weighted by atomic mass is 10.0. The zero-order valence-electron chi connectivity index (χ0n) is 15.1. The van der Waals surface area contributed by atoms with E-state index in [1.807, 2.05) is 11.5 Å². The van der Waals surface area contributed by atoms with Gasteiger partial charge in [-0.2, -0.15) is 0 Å². The molecule has 4 nitrogen and oxygen atoms in total. The summed E-state index contributed by atoms with van der Waals surface area (Å²) in [6.45, 7) is 5.07. The molecule has 0 radical (unpaired) electrons. The van der Waals surface area contributed by atoms with Crippen LogP contribution in [0.15, 0.2) is 17.1 Å². The summed E-state index contributed by atoms with van der Waals surface area (Å²) in [5.41, 5.74) is 8.49. The van der Waals surface area contributed by atoms with Crippen molar-refractivity contribution in [2.24, 2.45) is 11.1 Å². The number of hydrogen-bond donors (Lipinski definition) is 1. The van der Waals surface area contributed by atoms with E-state index in [0.717, 1.165) is 31.5 Å². The zero-order valence-corrected chi connectivity index (χ0v) is 15.1. The molecule has 2 saturated carbocycles. The molecule has 3 aliphatic rings. The first kappa shape index (κ1) is 16.2. The number of halogens is 2. The number of aromatic nitrogens is 1. The van der Waals surface area contributed by atoms with E-state index in [0.29, 0.717) is 28.6 Å². The summed E-state index contributed by atoms with van der Waals surface area (Å²) in [6, 6.07) is 1.29.